The van der Waals surface area contributed by atoms with Crippen LogP contribution in [0, 0.1) is 6.92 Å². The SMILES string of the molecule is Cc1ncc(NC(=O)c2ccnc(C(C)(C)F)c2)cc1-c1ccc2c(c1)N1CCOCC[C@H]1C[C@@H]2O. The first-order chi connectivity index (χ1) is 17.2. The first kappa shape index (κ1) is 24.3. The third-order valence-corrected chi connectivity index (χ3v) is 6.99. The van der Waals surface area contributed by atoms with E-state index in [1.54, 1.807) is 12.3 Å². The van der Waals surface area contributed by atoms with Crippen molar-refractivity contribution >= 4 is 17.3 Å². The molecule has 0 radical (unpaired) electrons. The number of nitrogens with one attached hydrogen (secondary N) is 1. The Morgan fingerprint density at radius 2 is 2.03 bits per heavy atom. The number of aromatic nitrogens is 2. The number of carbonyl (C=O) groups excluding carboxylic acids is 1. The Labute approximate surface area is 210 Å². The van der Waals surface area contributed by atoms with Gasteiger partial charge in [0.25, 0.3) is 5.91 Å². The van der Waals surface area contributed by atoms with Gasteiger partial charge in [-0.05, 0) is 63.4 Å². The molecule has 8 heteroatoms. The molecule has 2 atom stereocenters. The Morgan fingerprint density at radius 1 is 1.19 bits per heavy atom. The monoisotopic (exact) mass is 490 g/mol. The molecule has 0 aliphatic carbocycles. The van der Waals surface area contributed by atoms with Crippen LogP contribution >= 0.6 is 0 Å². The summed E-state index contributed by atoms with van der Waals surface area (Å²) in [5, 5.41) is 13.7. The third kappa shape index (κ3) is 4.83. The summed E-state index contributed by atoms with van der Waals surface area (Å²) in [6, 6.07) is 11.2. The predicted octanol–water partition coefficient (Wildman–Crippen LogP) is 4.94. The van der Waals surface area contributed by atoms with E-state index >= 15 is 0 Å². The van der Waals surface area contributed by atoms with Crippen molar-refractivity contribution in [3.63, 3.8) is 0 Å². The minimum absolute atomic E-state index is 0.200. The summed E-state index contributed by atoms with van der Waals surface area (Å²) < 4.78 is 20.0. The van der Waals surface area contributed by atoms with Gasteiger partial charge < -0.3 is 20.1 Å². The highest BCUT2D eigenvalue weighted by molar-refractivity contribution is 6.04. The number of nitrogens with zero attached hydrogens (tertiary/aromatic N) is 3. The number of carbonyl (C=O) groups is 1. The van der Waals surface area contributed by atoms with E-state index in [9.17, 15) is 14.3 Å². The van der Waals surface area contributed by atoms with Crippen LogP contribution in [0.25, 0.3) is 11.1 Å². The van der Waals surface area contributed by atoms with Crippen molar-refractivity contribution in [2.45, 2.75) is 51.4 Å². The molecule has 3 aromatic rings. The highest BCUT2D eigenvalue weighted by atomic mass is 19.1. The summed E-state index contributed by atoms with van der Waals surface area (Å²) in [6.07, 6.45) is 4.14. The average molecular weight is 491 g/mol. The predicted molar refractivity (Wildman–Crippen MR) is 137 cm³/mol. The zero-order valence-corrected chi connectivity index (χ0v) is 20.8. The van der Waals surface area contributed by atoms with E-state index in [-0.39, 0.29) is 17.6 Å². The number of benzene rings is 1. The van der Waals surface area contributed by atoms with Gasteiger partial charge in [0.15, 0.2) is 0 Å². The summed E-state index contributed by atoms with van der Waals surface area (Å²) in [5.41, 5.74) is 4.04. The smallest absolute Gasteiger partial charge is 0.255 e. The number of hydrogen-bond acceptors (Lipinski definition) is 6. The number of halogens is 1. The molecule has 1 saturated heterocycles. The van der Waals surface area contributed by atoms with Crippen LogP contribution in [-0.2, 0) is 10.4 Å². The van der Waals surface area contributed by atoms with E-state index in [1.807, 2.05) is 25.1 Å². The molecule has 188 valence electrons. The van der Waals surface area contributed by atoms with Crippen LogP contribution in [-0.4, -0.2) is 46.8 Å². The van der Waals surface area contributed by atoms with Gasteiger partial charge in [0, 0.05) is 53.5 Å². The first-order valence-corrected chi connectivity index (χ1v) is 12.3. The van der Waals surface area contributed by atoms with E-state index in [1.165, 1.54) is 26.1 Å². The molecule has 0 unspecified atom stereocenters. The maximum Gasteiger partial charge on any atom is 0.255 e. The standard InChI is InChI=1S/C28H31FN4O3/c1-17-23(14-20(16-31-17)32-27(35)19-6-8-30-26(13-19)28(2,3)29)18-4-5-22-24(12-18)33-9-11-36-10-7-21(33)15-25(22)34/h4-6,8,12-14,16,21,25,34H,7,9-11,15H2,1-3H3,(H,32,35)/t21-,25-/m0/s1. The molecular formula is C28H31FN4O3. The zero-order valence-electron chi connectivity index (χ0n) is 20.8. The number of fused-ring (bicyclic) bond motifs is 3. The fourth-order valence-corrected chi connectivity index (χ4v) is 5.01. The average Bonchev–Trinajstić information content (AvgIpc) is 3.10. The maximum atomic E-state index is 14.3. The van der Waals surface area contributed by atoms with E-state index in [0.29, 0.717) is 30.9 Å². The number of aryl methyl sites for hydroxylation is 1. The van der Waals surface area contributed by atoms with Crippen molar-refractivity contribution in [3.05, 3.63) is 71.3 Å². The number of aliphatic hydroxyl groups is 1. The Morgan fingerprint density at radius 3 is 2.83 bits per heavy atom. The van der Waals surface area contributed by atoms with E-state index in [0.717, 1.165) is 41.0 Å². The Balaban J connectivity index is 1.44. The molecule has 0 saturated carbocycles. The number of amides is 1. The molecule has 4 heterocycles. The van der Waals surface area contributed by atoms with Gasteiger partial charge in [0.2, 0.25) is 0 Å². The van der Waals surface area contributed by atoms with Gasteiger partial charge in [0.1, 0.15) is 5.67 Å². The quantitative estimate of drug-likeness (QED) is 0.539. The number of anilines is 2. The lowest BCUT2D eigenvalue weighted by atomic mass is 9.89. The van der Waals surface area contributed by atoms with Crippen LogP contribution in [0.3, 0.4) is 0 Å². The summed E-state index contributed by atoms with van der Waals surface area (Å²) in [5.74, 6) is -0.361. The molecule has 0 spiro atoms. The lowest BCUT2D eigenvalue weighted by Crippen LogP contribution is -2.41. The fourth-order valence-electron chi connectivity index (χ4n) is 5.01. The van der Waals surface area contributed by atoms with Crippen LogP contribution in [0.2, 0.25) is 0 Å². The molecule has 7 nitrogen and oxygen atoms in total. The van der Waals surface area contributed by atoms with E-state index < -0.39 is 11.8 Å². The second-order valence-corrected chi connectivity index (χ2v) is 9.99. The van der Waals surface area contributed by atoms with Crippen molar-refractivity contribution in [2.75, 3.05) is 30.0 Å². The number of aliphatic hydroxyl groups excluding tert-OH is 1. The van der Waals surface area contributed by atoms with Gasteiger partial charge in [-0.2, -0.15) is 0 Å². The van der Waals surface area contributed by atoms with Crippen LogP contribution < -0.4 is 10.2 Å². The third-order valence-electron chi connectivity index (χ3n) is 6.99. The van der Waals surface area contributed by atoms with Gasteiger partial charge >= 0.3 is 0 Å². The Kier molecular flexibility index (Phi) is 6.49. The topological polar surface area (TPSA) is 87.6 Å². The van der Waals surface area contributed by atoms with Crippen LogP contribution in [0.1, 0.15) is 60.1 Å². The van der Waals surface area contributed by atoms with Crippen molar-refractivity contribution in [2.24, 2.45) is 0 Å². The number of alkyl halides is 1. The molecule has 36 heavy (non-hydrogen) atoms. The largest absolute Gasteiger partial charge is 0.388 e. The van der Waals surface area contributed by atoms with Gasteiger partial charge in [-0.25, -0.2) is 4.39 Å². The molecule has 2 N–H and O–H groups in total. The van der Waals surface area contributed by atoms with Crippen molar-refractivity contribution in [1.29, 1.82) is 0 Å². The van der Waals surface area contributed by atoms with Crippen LogP contribution in [0.5, 0.6) is 0 Å². The number of rotatable bonds is 4. The number of hydrogen-bond donors (Lipinski definition) is 2. The molecule has 2 aromatic heterocycles. The lowest BCUT2D eigenvalue weighted by Gasteiger charge is -2.39. The molecule has 2 aliphatic heterocycles. The summed E-state index contributed by atoms with van der Waals surface area (Å²) >= 11 is 0. The molecular weight excluding hydrogens is 459 g/mol. The van der Waals surface area contributed by atoms with Crippen molar-refractivity contribution < 1.29 is 19.0 Å². The lowest BCUT2D eigenvalue weighted by molar-refractivity contribution is 0.102. The van der Waals surface area contributed by atoms with Gasteiger partial charge in [0.05, 0.1) is 30.3 Å². The zero-order chi connectivity index (χ0) is 25.4. The van der Waals surface area contributed by atoms with Gasteiger partial charge in [-0.15, -0.1) is 0 Å². The van der Waals surface area contributed by atoms with Gasteiger partial charge in [-0.1, -0.05) is 12.1 Å². The number of ether oxygens (including phenoxy) is 1. The van der Waals surface area contributed by atoms with Crippen LogP contribution in [0.15, 0.2) is 48.8 Å². The molecule has 5 rings (SSSR count). The van der Waals surface area contributed by atoms with E-state index in [2.05, 4.69) is 26.3 Å². The molecule has 1 fully saturated rings. The Hall–Kier alpha value is -3.36. The summed E-state index contributed by atoms with van der Waals surface area (Å²) in [7, 11) is 0. The first-order valence-electron chi connectivity index (χ1n) is 12.3. The molecule has 0 bridgehead atoms. The minimum atomic E-state index is -1.65. The van der Waals surface area contributed by atoms with Crippen molar-refractivity contribution in [1.82, 2.24) is 9.97 Å². The summed E-state index contributed by atoms with van der Waals surface area (Å²) in [4.78, 5) is 23.8. The van der Waals surface area contributed by atoms with Gasteiger partial charge in [-0.3, -0.25) is 14.8 Å². The highest BCUT2D eigenvalue weighted by Crippen LogP contribution is 2.41. The molecule has 1 aromatic carbocycles. The minimum Gasteiger partial charge on any atom is -0.388 e. The van der Waals surface area contributed by atoms with E-state index in [4.69, 9.17) is 4.74 Å². The number of pyridine rings is 2. The highest BCUT2D eigenvalue weighted by Gasteiger charge is 2.33. The summed E-state index contributed by atoms with van der Waals surface area (Å²) in [6.45, 7) is 6.89. The van der Waals surface area contributed by atoms with Crippen LogP contribution in [0.4, 0.5) is 15.8 Å². The normalized spacial score (nSPS) is 19.8. The molecule has 1 amide bonds. The second-order valence-electron chi connectivity index (χ2n) is 9.99. The van der Waals surface area contributed by atoms with Crippen molar-refractivity contribution in [3.8, 4) is 11.1 Å². The Bertz CT molecular complexity index is 1290. The maximum absolute atomic E-state index is 14.3. The fraction of sp³-hybridized carbons (Fsp3) is 0.393. The second kappa shape index (κ2) is 9.59. The molecule has 2 aliphatic rings.